The van der Waals surface area contributed by atoms with E-state index < -0.39 is 27.8 Å². The Kier molecular flexibility index (Phi) is 3.01. The van der Waals surface area contributed by atoms with Crippen molar-refractivity contribution in [2.24, 2.45) is 17.8 Å². The van der Waals surface area contributed by atoms with Gasteiger partial charge in [0.25, 0.3) is 0 Å². The van der Waals surface area contributed by atoms with Crippen LogP contribution in [0.2, 0.25) is 0 Å². The Hall–Kier alpha value is -0.820. The first kappa shape index (κ1) is 13.2. The smallest absolute Gasteiger partial charge is 0.509 e. The van der Waals surface area contributed by atoms with Crippen LogP contribution in [0.5, 0.6) is 0 Å². The maximum absolute atomic E-state index is 11.5. The van der Waals surface area contributed by atoms with Crippen molar-refractivity contribution in [3.8, 4) is 0 Å². The van der Waals surface area contributed by atoms with Crippen molar-refractivity contribution in [2.75, 3.05) is 5.94 Å². The summed E-state index contributed by atoms with van der Waals surface area (Å²) in [7, 11) is -4.56. The zero-order chi connectivity index (χ0) is 13.7. The van der Waals surface area contributed by atoms with Gasteiger partial charge in [0.1, 0.15) is 15.7 Å². The fraction of sp³-hybridized carbons (Fsp3) is 0.917. The number of rotatable bonds is 3. The summed E-state index contributed by atoms with van der Waals surface area (Å²) in [6, 6.07) is 0. The molecule has 0 aromatic carbocycles. The minimum absolute atomic E-state index is 0.474. The van der Waals surface area contributed by atoms with Crippen molar-refractivity contribution in [2.45, 2.75) is 44.1 Å². The minimum Gasteiger partial charge on any atom is -0.745 e. The highest BCUT2D eigenvalue weighted by molar-refractivity contribution is 7.85. The summed E-state index contributed by atoms with van der Waals surface area (Å²) < 4.78 is 41.0. The molecule has 108 valence electrons. The predicted octanol–water partition coefficient (Wildman–Crippen LogP) is 1.61. The fourth-order valence-electron chi connectivity index (χ4n) is 4.48. The van der Waals surface area contributed by atoms with Crippen LogP contribution in [0.25, 0.3) is 0 Å². The second kappa shape index (κ2) is 4.34. The third kappa shape index (κ3) is 2.86. The molecule has 4 bridgehead atoms. The third-order valence-corrected chi connectivity index (χ3v) is 5.01. The first-order chi connectivity index (χ1) is 8.84. The van der Waals surface area contributed by atoms with Crippen molar-refractivity contribution >= 4 is 16.3 Å². The van der Waals surface area contributed by atoms with Crippen LogP contribution in [0.1, 0.15) is 38.5 Å². The molecule has 0 atom stereocenters. The van der Waals surface area contributed by atoms with E-state index >= 15 is 0 Å². The van der Waals surface area contributed by atoms with Crippen LogP contribution < -0.4 is 0 Å². The maximum atomic E-state index is 11.5. The Bertz CT molecular complexity index is 447. The van der Waals surface area contributed by atoms with Gasteiger partial charge in [-0.25, -0.2) is 13.2 Å². The summed E-state index contributed by atoms with van der Waals surface area (Å²) in [5.41, 5.74) is -0.474. The van der Waals surface area contributed by atoms with E-state index in [9.17, 15) is 17.8 Å². The molecule has 0 radical (unpaired) electrons. The molecule has 0 amide bonds. The molecule has 4 fully saturated rings. The Morgan fingerprint density at radius 2 is 1.58 bits per heavy atom. The summed E-state index contributed by atoms with van der Waals surface area (Å²) >= 11 is 0. The van der Waals surface area contributed by atoms with Gasteiger partial charge in [0, 0.05) is 0 Å². The molecular formula is C12H17O6S-. The van der Waals surface area contributed by atoms with Crippen LogP contribution in [0.4, 0.5) is 4.79 Å². The monoisotopic (exact) mass is 289 g/mol. The van der Waals surface area contributed by atoms with Crippen LogP contribution in [0.3, 0.4) is 0 Å². The van der Waals surface area contributed by atoms with Gasteiger partial charge in [0.15, 0.2) is 5.94 Å². The predicted molar refractivity (Wildman–Crippen MR) is 63.0 cm³/mol. The van der Waals surface area contributed by atoms with Crippen molar-refractivity contribution in [1.82, 2.24) is 0 Å². The van der Waals surface area contributed by atoms with Gasteiger partial charge in [-0.15, -0.1) is 0 Å². The average Bonchev–Trinajstić information content (AvgIpc) is 2.22. The Morgan fingerprint density at radius 3 is 2.00 bits per heavy atom. The standard InChI is InChI=1S/C12H18O6S/c13-11(17-7-19(14,15)16)18-12-4-8-1-9(5-12)3-10(2-8)6-12/h8-10H,1-7H2,(H,14,15,16)/p-1. The first-order valence-electron chi connectivity index (χ1n) is 6.63. The fourth-order valence-corrected chi connectivity index (χ4v) is 4.72. The number of carbonyl (C=O) groups excluding carboxylic acids is 1. The second-order valence-corrected chi connectivity index (χ2v) is 7.62. The maximum Gasteiger partial charge on any atom is 0.509 e. The van der Waals surface area contributed by atoms with E-state index in [2.05, 4.69) is 4.74 Å². The summed E-state index contributed by atoms with van der Waals surface area (Å²) in [5.74, 6) is 0.685. The molecule has 0 unspecified atom stereocenters. The van der Waals surface area contributed by atoms with Crippen LogP contribution in [0.15, 0.2) is 0 Å². The SMILES string of the molecule is O=C(OCS(=O)(=O)[O-])OC12CC3CC(CC(C3)C1)C2. The van der Waals surface area contributed by atoms with Crippen molar-refractivity contribution in [1.29, 1.82) is 0 Å². The van der Waals surface area contributed by atoms with Gasteiger partial charge in [0.2, 0.25) is 0 Å². The minimum atomic E-state index is -4.56. The van der Waals surface area contributed by atoms with E-state index in [4.69, 9.17) is 4.74 Å². The zero-order valence-electron chi connectivity index (χ0n) is 10.5. The van der Waals surface area contributed by atoms with E-state index in [-0.39, 0.29) is 0 Å². The van der Waals surface area contributed by atoms with Gasteiger partial charge >= 0.3 is 6.16 Å². The lowest BCUT2D eigenvalue weighted by atomic mass is 9.54. The summed E-state index contributed by atoms with van der Waals surface area (Å²) in [6.07, 6.45) is 5.15. The second-order valence-electron chi connectivity index (χ2n) is 6.27. The highest BCUT2D eigenvalue weighted by Gasteiger charge is 2.53. The largest absolute Gasteiger partial charge is 0.745 e. The molecule has 0 saturated heterocycles. The molecule has 4 rings (SSSR count). The van der Waals surface area contributed by atoms with Gasteiger partial charge in [-0.1, -0.05) is 0 Å². The molecule has 0 aliphatic heterocycles. The number of carbonyl (C=O) groups is 1. The van der Waals surface area contributed by atoms with Crippen LogP contribution >= 0.6 is 0 Å². The average molecular weight is 289 g/mol. The van der Waals surface area contributed by atoms with Crippen LogP contribution in [-0.2, 0) is 19.6 Å². The molecular weight excluding hydrogens is 272 g/mol. The Labute approximate surface area is 112 Å². The molecule has 4 saturated carbocycles. The third-order valence-electron chi connectivity index (χ3n) is 4.60. The van der Waals surface area contributed by atoms with Crippen LogP contribution in [-0.4, -0.2) is 30.7 Å². The lowest BCUT2D eigenvalue weighted by Gasteiger charge is -2.55. The molecule has 0 aromatic rings. The number of ether oxygens (including phenoxy) is 2. The highest BCUT2D eigenvalue weighted by atomic mass is 32.2. The Morgan fingerprint density at radius 1 is 1.11 bits per heavy atom. The summed E-state index contributed by atoms with van der Waals surface area (Å²) in [5, 5.41) is 0. The molecule has 0 spiro atoms. The molecule has 0 N–H and O–H groups in total. The summed E-state index contributed by atoms with van der Waals surface area (Å²) in [4.78, 5) is 11.5. The number of hydrogen-bond acceptors (Lipinski definition) is 6. The van der Waals surface area contributed by atoms with E-state index in [1.165, 1.54) is 19.3 Å². The zero-order valence-corrected chi connectivity index (χ0v) is 11.4. The Balaban J connectivity index is 1.61. The van der Waals surface area contributed by atoms with E-state index in [1.807, 2.05) is 0 Å². The molecule has 7 heteroatoms. The molecule has 4 aliphatic rings. The van der Waals surface area contributed by atoms with E-state index in [0.717, 1.165) is 19.3 Å². The van der Waals surface area contributed by atoms with Crippen LogP contribution in [0, 0.1) is 17.8 Å². The normalized spacial score (nSPS) is 40.2. The number of hydrogen-bond donors (Lipinski definition) is 0. The molecule has 6 nitrogen and oxygen atoms in total. The van der Waals surface area contributed by atoms with Gasteiger partial charge in [0.05, 0.1) is 0 Å². The molecule has 4 aliphatic carbocycles. The highest BCUT2D eigenvalue weighted by Crippen LogP contribution is 2.57. The molecule has 19 heavy (non-hydrogen) atoms. The van der Waals surface area contributed by atoms with E-state index in [1.54, 1.807) is 0 Å². The van der Waals surface area contributed by atoms with Crippen molar-refractivity contribution < 1.29 is 27.2 Å². The first-order valence-corrected chi connectivity index (χ1v) is 8.21. The lowest BCUT2D eigenvalue weighted by Crippen LogP contribution is -2.52. The van der Waals surface area contributed by atoms with Gasteiger partial charge in [-0.2, -0.15) is 0 Å². The van der Waals surface area contributed by atoms with E-state index in [0.29, 0.717) is 17.8 Å². The van der Waals surface area contributed by atoms with Gasteiger partial charge < -0.3 is 14.0 Å². The summed E-state index contributed by atoms with van der Waals surface area (Å²) in [6.45, 7) is 0. The molecule has 0 heterocycles. The molecule has 0 aromatic heterocycles. The van der Waals surface area contributed by atoms with Crippen molar-refractivity contribution in [3.05, 3.63) is 0 Å². The van der Waals surface area contributed by atoms with Gasteiger partial charge in [-0.05, 0) is 56.3 Å². The quantitative estimate of drug-likeness (QED) is 0.579. The topological polar surface area (TPSA) is 92.7 Å². The van der Waals surface area contributed by atoms with Crippen molar-refractivity contribution in [3.63, 3.8) is 0 Å². The van der Waals surface area contributed by atoms with Gasteiger partial charge in [-0.3, -0.25) is 0 Å². The lowest BCUT2D eigenvalue weighted by molar-refractivity contribution is -0.140.